The summed E-state index contributed by atoms with van der Waals surface area (Å²) in [6.07, 6.45) is 1.71. The molecule has 0 atom stereocenters. The molecule has 5 nitrogen and oxygen atoms in total. The minimum atomic E-state index is -0.0157. The van der Waals surface area contributed by atoms with Crippen LogP contribution in [0, 0.1) is 13.8 Å². The van der Waals surface area contributed by atoms with Crippen LogP contribution in [-0.2, 0) is 6.54 Å². The molecular formula is C18H16N4O. The maximum Gasteiger partial charge on any atom is 0.260 e. The number of fused-ring (bicyclic) bond motifs is 3. The Morgan fingerprint density at radius 2 is 1.87 bits per heavy atom. The molecule has 0 fully saturated rings. The molecule has 0 saturated carbocycles. The lowest BCUT2D eigenvalue weighted by molar-refractivity contribution is 0.0986. The van der Waals surface area contributed by atoms with Gasteiger partial charge in [0.2, 0.25) is 0 Å². The number of aryl methyl sites for hydroxylation is 2. The third-order valence-corrected chi connectivity index (χ3v) is 4.19. The number of anilines is 1. The van der Waals surface area contributed by atoms with Gasteiger partial charge in [-0.15, -0.1) is 5.10 Å². The summed E-state index contributed by atoms with van der Waals surface area (Å²) in [5, 5.41) is 8.15. The molecule has 1 aliphatic rings. The van der Waals surface area contributed by atoms with Gasteiger partial charge in [-0.2, -0.15) is 0 Å². The van der Waals surface area contributed by atoms with E-state index in [4.69, 9.17) is 0 Å². The lowest BCUT2D eigenvalue weighted by Gasteiger charge is -2.23. The summed E-state index contributed by atoms with van der Waals surface area (Å²) in [6.45, 7) is 4.53. The zero-order valence-electron chi connectivity index (χ0n) is 13.0. The van der Waals surface area contributed by atoms with E-state index in [1.807, 2.05) is 43.3 Å². The van der Waals surface area contributed by atoms with Crippen molar-refractivity contribution in [2.24, 2.45) is 0 Å². The SMILES string of the molecule is Cc1ccc(N2Cc3cnnn3-c3ccccc3C2=O)c(C)c1. The van der Waals surface area contributed by atoms with Gasteiger partial charge in [-0.3, -0.25) is 4.79 Å². The zero-order chi connectivity index (χ0) is 16.0. The number of aromatic nitrogens is 3. The van der Waals surface area contributed by atoms with E-state index >= 15 is 0 Å². The van der Waals surface area contributed by atoms with Crippen molar-refractivity contribution in [3.05, 3.63) is 71.0 Å². The fourth-order valence-electron chi connectivity index (χ4n) is 3.09. The average Bonchev–Trinajstić information content (AvgIpc) is 2.97. The number of nitrogens with zero attached hydrogens (tertiary/aromatic N) is 4. The summed E-state index contributed by atoms with van der Waals surface area (Å²) in [5.74, 6) is -0.0157. The number of rotatable bonds is 1. The summed E-state index contributed by atoms with van der Waals surface area (Å²) < 4.78 is 1.75. The number of carbonyl (C=O) groups is 1. The van der Waals surface area contributed by atoms with Gasteiger partial charge in [0.25, 0.3) is 5.91 Å². The Labute approximate surface area is 134 Å². The van der Waals surface area contributed by atoms with E-state index in [2.05, 4.69) is 23.3 Å². The van der Waals surface area contributed by atoms with Gasteiger partial charge in [-0.25, -0.2) is 4.68 Å². The monoisotopic (exact) mass is 304 g/mol. The van der Waals surface area contributed by atoms with Crippen LogP contribution in [0.5, 0.6) is 0 Å². The van der Waals surface area contributed by atoms with E-state index < -0.39 is 0 Å². The summed E-state index contributed by atoms with van der Waals surface area (Å²) in [7, 11) is 0. The second-order valence-corrected chi connectivity index (χ2v) is 5.84. The molecule has 0 unspecified atom stereocenters. The largest absolute Gasteiger partial charge is 0.302 e. The lowest BCUT2D eigenvalue weighted by Crippen LogP contribution is -2.30. The first-order chi connectivity index (χ1) is 11.1. The van der Waals surface area contributed by atoms with Gasteiger partial charge >= 0.3 is 0 Å². The number of hydrogen-bond donors (Lipinski definition) is 0. The Morgan fingerprint density at radius 3 is 2.70 bits per heavy atom. The van der Waals surface area contributed by atoms with E-state index in [0.717, 1.165) is 22.6 Å². The first-order valence-electron chi connectivity index (χ1n) is 7.53. The molecule has 0 radical (unpaired) electrons. The molecule has 5 heteroatoms. The highest BCUT2D eigenvalue weighted by Gasteiger charge is 2.28. The molecule has 23 heavy (non-hydrogen) atoms. The molecule has 1 aromatic heterocycles. The number of amides is 1. The van der Waals surface area contributed by atoms with Crippen LogP contribution in [-0.4, -0.2) is 20.9 Å². The molecule has 114 valence electrons. The van der Waals surface area contributed by atoms with E-state index in [1.54, 1.807) is 15.8 Å². The molecule has 3 aromatic rings. The second-order valence-electron chi connectivity index (χ2n) is 5.84. The van der Waals surface area contributed by atoms with Gasteiger partial charge in [0, 0.05) is 5.69 Å². The summed E-state index contributed by atoms with van der Waals surface area (Å²) in [5.41, 5.74) is 5.49. The number of para-hydroxylation sites is 1. The van der Waals surface area contributed by atoms with Crippen LogP contribution < -0.4 is 4.90 Å². The van der Waals surface area contributed by atoms with Crippen molar-refractivity contribution in [3.63, 3.8) is 0 Å². The van der Waals surface area contributed by atoms with Crippen molar-refractivity contribution in [2.75, 3.05) is 4.90 Å². The standard InChI is InChI=1S/C18H16N4O/c1-12-7-8-16(13(2)9-12)21-11-14-10-19-20-22(14)17-6-4-3-5-15(17)18(21)23/h3-10H,11H2,1-2H3. The molecule has 1 amide bonds. The van der Waals surface area contributed by atoms with Gasteiger partial charge in [0.1, 0.15) is 0 Å². The highest BCUT2D eigenvalue weighted by molar-refractivity contribution is 6.09. The molecule has 0 aliphatic carbocycles. The molecule has 0 bridgehead atoms. The number of carbonyl (C=O) groups excluding carboxylic acids is 1. The molecule has 2 aromatic carbocycles. The minimum absolute atomic E-state index is 0.0157. The van der Waals surface area contributed by atoms with Crippen molar-refractivity contribution < 1.29 is 4.79 Å². The fourth-order valence-corrected chi connectivity index (χ4v) is 3.09. The topological polar surface area (TPSA) is 51.0 Å². The van der Waals surface area contributed by atoms with Gasteiger partial charge in [-0.1, -0.05) is 35.0 Å². The van der Waals surface area contributed by atoms with Crippen molar-refractivity contribution in [2.45, 2.75) is 20.4 Å². The Kier molecular flexibility index (Phi) is 3.01. The van der Waals surface area contributed by atoms with Crippen LogP contribution in [0.2, 0.25) is 0 Å². The van der Waals surface area contributed by atoms with Crippen LogP contribution in [0.3, 0.4) is 0 Å². The minimum Gasteiger partial charge on any atom is -0.302 e. The van der Waals surface area contributed by atoms with Gasteiger partial charge in [0.15, 0.2) is 0 Å². The smallest absolute Gasteiger partial charge is 0.260 e. The third-order valence-electron chi connectivity index (χ3n) is 4.19. The average molecular weight is 304 g/mol. The molecule has 1 aliphatic heterocycles. The Bertz CT molecular complexity index is 913. The molecule has 0 saturated heterocycles. The summed E-state index contributed by atoms with van der Waals surface area (Å²) in [4.78, 5) is 14.9. The highest BCUT2D eigenvalue weighted by Crippen LogP contribution is 2.29. The molecule has 2 heterocycles. The van der Waals surface area contributed by atoms with Crippen LogP contribution in [0.1, 0.15) is 27.2 Å². The maximum atomic E-state index is 13.1. The zero-order valence-corrected chi connectivity index (χ0v) is 13.0. The van der Waals surface area contributed by atoms with Crippen molar-refractivity contribution in [1.29, 1.82) is 0 Å². The quantitative estimate of drug-likeness (QED) is 0.694. The van der Waals surface area contributed by atoms with Gasteiger partial charge in [-0.05, 0) is 37.6 Å². The first-order valence-corrected chi connectivity index (χ1v) is 7.53. The first kappa shape index (κ1) is 13.7. The molecule has 0 spiro atoms. The Hall–Kier alpha value is -2.95. The van der Waals surface area contributed by atoms with Crippen molar-refractivity contribution in [3.8, 4) is 5.69 Å². The predicted octanol–water partition coefficient (Wildman–Crippen LogP) is 3.04. The lowest BCUT2D eigenvalue weighted by atomic mass is 10.1. The van der Waals surface area contributed by atoms with E-state index in [0.29, 0.717) is 12.1 Å². The summed E-state index contributed by atoms with van der Waals surface area (Å²) in [6, 6.07) is 13.6. The normalized spacial score (nSPS) is 13.5. The van der Waals surface area contributed by atoms with E-state index in [1.165, 1.54) is 5.56 Å². The van der Waals surface area contributed by atoms with Crippen LogP contribution in [0.25, 0.3) is 5.69 Å². The Balaban J connectivity index is 1.92. The Morgan fingerprint density at radius 1 is 1.04 bits per heavy atom. The van der Waals surface area contributed by atoms with E-state index in [-0.39, 0.29) is 5.91 Å². The van der Waals surface area contributed by atoms with E-state index in [9.17, 15) is 4.79 Å². The fraction of sp³-hybridized carbons (Fsp3) is 0.167. The van der Waals surface area contributed by atoms with Crippen molar-refractivity contribution in [1.82, 2.24) is 15.0 Å². The van der Waals surface area contributed by atoms with Gasteiger partial charge in [0.05, 0.1) is 29.7 Å². The molecule has 4 rings (SSSR count). The van der Waals surface area contributed by atoms with Crippen LogP contribution >= 0.6 is 0 Å². The van der Waals surface area contributed by atoms with Crippen LogP contribution in [0.15, 0.2) is 48.7 Å². The molecular weight excluding hydrogens is 288 g/mol. The molecule has 0 N–H and O–H groups in total. The predicted molar refractivity (Wildman–Crippen MR) is 87.8 cm³/mol. The maximum absolute atomic E-state index is 13.1. The second kappa shape index (κ2) is 5.05. The number of benzene rings is 2. The third kappa shape index (κ3) is 2.12. The van der Waals surface area contributed by atoms with Crippen LogP contribution in [0.4, 0.5) is 5.69 Å². The number of hydrogen-bond acceptors (Lipinski definition) is 3. The van der Waals surface area contributed by atoms with Gasteiger partial charge < -0.3 is 4.90 Å². The highest BCUT2D eigenvalue weighted by atomic mass is 16.2. The summed E-state index contributed by atoms with van der Waals surface area (Å²) >= 11 is 0. The van der Waals surface area contributed by atoms with Crippen molar-refractivity contribution >= 4 is 11.6 Å².